The maximum Gasteiger partial charge on any atom is 0.245 e. The van der Waals surface area contributed by atoms with Gasteiger partial charge in [0.1, 0.15) is 12.1 Å². The third-order valence-corrected chi connectivity index (χ3v) is 9.28. The average molecular weight is 548 g/mol. The summed E-state index contributed by atoms with van der Waals surface area (Å²) in [6.45, 7) is 6.73. The summed E-state index contributed by atoms with van der Waals surface area (Å²) < 4.78 is 30.1. The minimum Gasteiger partial charge on any atom is -0.351 e. The summed E-state index contributed by atoms with van der Waals surface area (Å²) in [4.78, 5) is 18.4. The van der Waals surface area contributed by atoms with E-state index >= 15 is 0 Å². The van der Waals surface area contributed by atoms with E-state index in [1.807, 2.05) is 32.2 Å². The summed E-state index contributed by atoms with van der Waals surface area (Å²) in [7, 11) is -1.79. The van der Waals surface area contributed by atoms with Gasteiger partial charge in [-0.1, -0.05) is 44.2 Å². The Hall–Kier alpha value is -3.48. The van der Waals surface area contributed by atoms with Crippen molar-refractivity contribution < 1.29 is 13.2 Å². The highest BCUT2D eigenvalue weighted by Crippen LogP contribution is 2.24. The van der Waals surface area contributed by atoms with Gasteiger partial charge in [0, 0.05) is 37.1 Å². The second kappa shape index (κ2) is 12.1. The van der Waals surface area contributed by atoms with Crippen LogP contribution in [0.15, 0.2) is 64.5 Å². The fourth-order valence-electron chi connectivity index (χ4n) is 5.28. The normalized spacial score (nSPS) is 18.1. The Balaban J connectivity index is 1.48. The number of benzene rings is 2. The van der Waals surface area contributed by atoms with Crippen LogP contribution in [0.2, 0.25) is 0 Å². The zero-order valence-corrected chi connectivity index (χ0v) is 23.9. The van der Waals surface area contributed by atoms with Gasteiger partial charge in [-0.2, -0.15) is 9.57 Å². The number of nitrogens with zero attached hydrogens (tertiary/aromatic N) is 4. The highest BCUT2D eigenvalue weighted by Gasteiger charge is 2.31. The molecule has 8 nitrogen and oxygen atoms in total. The van der Waals surface area contributed by atoms with Gasteiger partial charge in [0.05, 0.1) is 21.9 Å². The molecule has 1 aromatic heterocycles. The maximum atomic E-state index is 13.5. The molecule has 2 atom stereocenters. The first-order chi connectivity index (χ1) is 18.6. The fraction of sp³-hybridized carbons (Fsp3) is 0.433. The van der Waals surface area contributed by atoms with Crippen molar-refractivity contribution in [1.29, 1.82) is 5.26 Å². The third-order valence-electron chi connectivity index (χ3n) is 7.33. The molecule has 0 saturated carbocycles. The highest BCUT2D eigenvalue weighted by atomic mass is 32.2. The van der Waals surface area contributed by atoms with Crippen molar-refractivity contribution in [2.45, 2.75) is 63.4 Å². The van der Waals surface area contributed by atoms with E-state index in [1.165, 1.54) is 16.4 Å². The molecule has 3 aromatic rings. The van der Waals surface area contributed by atoms with Crippen molar-refractivity contribution in [2.75, 3.05) is 13.1 Å². The number of aromatic nitrogens is 1. The number of carbonyl (C=O) groups excluding carboxylic acids is 1. The summed E-state index contributed by atoms with van der Waals surface area (Å²) in [5, 5.41) is 13.7. The molecular formula is C30H37N5O3S. The van der Waals surface area contributed by atoms with Gasteiger partial charge in [0.25, 0.3) is 0 Å². The van der Waals surface area contributed by atoms with Crippen LogP contribution in [0.3, 0.4) is 0 Å². The van der Waals surface area contributed by atoms with Crippen molar-refractivity contribution in [2.24, 2.45) is 18.0 Å². The second-order valence-electron chi connectivity index (χ2n) is 10.7. The maximum absolute atomic E-state index is 13.5. The lowest BCUT2D eigenvalue weighted by molar-refractivity contribution is -0.123. The van der Waals surface area contributed by atoms with Gasteiger partial charge in [0.15, 0.2) is 0 Å². The number of sulfonamides is 1. The van der Waals surface area contributed by atoms with Crippen LogP contribution in [0.5, 0.6) is 0 Å². The van der Waals surface area contributed by atoms with Crippen molar-refractivity contribution in [3.8, 4) is 6.07 Å². The van der Waals surface area contributed by atoms with Gasteiger partial charge in [-0.3, -0.25) is 9.79 Å². The summed E-state index contributed by atoms with van der Waals surface area (Å²) in [6.07, 6.45) is 2.41. The largest absolute Gasteiger partial charge is 0.351 e. The number of carbonyl (C=O) groups is 1. The topological polar surface area (TPSA) is 108 Å². The Morgan fingerprint density at radius 3 is 2.56 bits per heavy atom. The molecule has 1 fully saturated rings. The summed E-state index contributed by atoms with van der Waals surface area (Å²) >= 11 is 0. The van der Waals surface area contributed by atoms with Crippen LogP contribution >= 0.6 is 0 Å². The summed E-state index contributed by atoms with van der Waals surface area (Å²) in [5.74, 6) is 0.151. The molecule has 1 saturated heterocycles. The van der Waals surface area contributed by atoms with Gasteiger partial charge in [-0.25, -0.2) is 8.42 Å². The van der Waals surface area contributed by atoms with Crippen LogP contribution in [0.4, 0.5) is 0 Å². The molecule has 0 bridgehead atoms. The first-order valence-electron chi connectivity index (χ1n) is 13.5. The average Bonchev–Trinajstić information content (AvgIpc) is 3.07. The van der Waals surface area contributed by atoms with E-state index in [0.29, 0.717) is 32.2 Å². The molecule has 1 amide bonds. The number of aliphatic imine (C=N–C) groups is 1. The number of fused-ring (bicyclic) bond motifs is 1. The predicted molar refractivity (Wildman–Crippen MR) is 154 cm³/mol. The highest BCUT2D eigenvalue weighted by molar-refractivity contribution is 7.89. The Morgan fingerprint density at radius 2 is 1.85 bits per heavy atom. The molecule has 0 spiro atoms. The molecule has 0 aliphatic carbocycles. The number of hydrogen-bond acceptors (Lipinski definition) is 5. The van der Waals surface area contributed by atoms with Crippen LogP contribution < -0.4 is 5.32 Å². The van der Waals surface area contributed by atoms with E-state index in [4.69, 9.17) is 4.99 Å². The zero-order chi connectivity index (χ0) is 28.2. The van der Waals surface area contributed by atoms with E-state index in [0.717, 1.165) is 22.3 Å². The van der Waals surface area contributed by atoms with Crippen molar-refractivity contribution >= 4 is 32.5 Å². The summed E-state index contributed by atoms with van der Waals surface area (Å²) in [5.41, 5.74) is 3.04. The van der Waals surface area contributed by atoms with E-state index in [2.05, 4.69) is 41.9 Å². The molecule has 1 aliphatic rings. The first-order valence-corrected chi connectivity index (χ1v) is 14.9. The molecule has 1 aliphatic heterocycles. The molecule has 0 unspecified atom stereocenters. The van der Waals surface area contributed by atoms with E-state index < -0.39 is 16.1 Å². The van der Waals surface area contributed by atoms with Gasteiger partial charge >= 0.3 is 0 Å². The smallest absolute Gasteiger partial charge is 0.245 e. The minimum atomic E-state index is -3.80. The number of amides is 1. The van der Waals surface area contributed by atoms with Crippen LogP contribution in [0, 0.1) is 17.2 Å². The monoisotopic (exact) mass is 547 g/mol. The van der Waals surface area contributed by atoms with E-state index in [-0.39, 0.29) is 34.9 Å². The zero-order valence-electron chi connectivity index (χ0n) is 23.1. The Labute approximate surface area is 231 Å². The Kier molecular flexibility index (Phi) is 8.88. The minimum absolute atomic E-state index is 0.0325. The number of hydrogen-bond donors (Lipinski definition) is 1. The molecule has 9 heteroatoms. The molecule has 39 heavy (non-hydrogen) atoms. The lowest BCUT2D eigenvalue weighted by Crippen LogP contribution is -2.42. The molecule has 206 valence electrons. The number of para-hydroxylation sites is 1. The summed E-state index contributed by atoms with van der Waals surface area (Å²) in [6, 6.07) is 17.8. The van der Waals surface area contributed by atoms with Crippen LogP contribution in [0.25, 0.3) is 10.9 Å². The Morgan fingerprint density at radius 1 is 1.13 bits per heavy atom. The number of aryl methyl sites for hydroxylation is 1. The van der Waals surface area contributed by atoms with Gasteiger partial charge in [-0.05, 0) is 62.8 Å². The SMILES string of the molecule is CC(=N[C@@H](CC(C)C)C(=O)N[C@@H]1CCCN(S(=O)(=O)c2ccccc2C#N)CC1)c1cc2ccccc2n1C. The van der Waals surface area contributed by atoms with Crippen LogP contribution in [0.1, 0.15) is 57.7 Å². The lowest BCUT2D eigenvalue weighted by atomic mass is 10.0. The van der Waals surface area contributed by atoms with Crippen LogP contribution in [-0.4, -0.2) is 54.1 Å². The number of nitrogens with one attached hydrogen (secondary N) is 1. The van der Waals surface area contributed by atoms with Gasteiger partial charge in [-0.15, -0.1) is 0 Å². The predicted octanol–water partition coefficient (Wildman–Crippen LogP) is 4.63. The molecule has 2 heterocycles. The molecule has 1 N–H and O–H groups in total. The van der Waals surface area contributed by atoms with Crippen molar-refractivity contribution in [1.82, 2.24) is 14.2 Å². The number of nitriles is 1. The van der Waals surface area contributed by atoms with Crippen molar-refractivity contribution in [3.05, 3.63) is 65.9 Å². The molecule has 0 radical (unpaired) electrons. The quantitative estimate of drug-likeness (QED) is 0.415. The molecule has 2 aromatic carbocycles. The molecular weight excluding hydrogens is 510 g/mol. The fourth-order valence-corrected chi connectivity index (χ4v) is 6.91. The van der Waals surface area contributed by atoms with Gasteiger partial charge in [0.2, 0.25) is 15.9 Å². The first kappa shape index (κ1) is 28.5. The standard InChI is InChI=1S/C30H37N5O3S/c1-21(2)18-26(32-22(3)28-19-23-10-5-7-13-27(23)34(28)4)30(36)33-25-12-9-16-35(17-15-25)39(37,38)29-14-8-6-11-24(29)20-31/h5-8,10-11,13-14,19,21,25-26H,9,12,15-18H2,1-4H3,(H,33,36)/t25-,26+/m1/s1. The van der Waals surface area contributed by atoms with E-state index in [1.54, 1.807) is 12.1 Å². The third kappa shape index (κ3) is 6.40. The van der Waals surface area contributed by atoms with Crippen molar-refractivity contribution in [3.63, 3.8) is 0 Å². The van der Waals surface area contributed by atoms with Crippen LogP contribution in [-0.2, 0) is 21.9 Å². The molecule has 4 rings (SSSR count). The Bertz CT molecular complexity index is 1520. The van der Waals surface area contributed by atoms with E-state index in [9.17, 15) is 18.5 Å². The second-order valence-corrected chi connectivity index (χ2v) is 12.6. The van der Waals surface area contributed by atoms with Gasteiger partial charge < -0.3 is 9.88 Å². The lowest BCUT2D eigenvalue weighted by Gasteiger charge is -2.22. The number of rotatable bonds is 8.